The summed E-state index contributed by atoms with van der Waals surface area (Å²) in [5, 5.41) is 7.84. The second kappa shape index (κ2) is 5.38. The lowest BCUT2D eigenvalue weighted by molar-refractivity contribution is 0.0588. The van der Waals surface area contributed by atoms with E-state index in [1.807, 2.05) is 0 Å². The lowest BCUT2D eigenvalue weighted by atomic mass is 10.2. The molecular formula is C12H16FN3O3. The van der Waals surface area contributed by atoms with Gasteiger partial charge in [-0.2, -0.15) is 0 Å². The van der Waals surface area contributed by atoms with Crippen LogP contribution in [0.1, 0.15) is 22.5 Å². The Morgan fingerprint density at radius 3 is 2.68 bits per heavy atom. The van der Waals surface area contributed by atoms with Gasteiger partial charge in [-0.05, 0) is 13.3 Å². The third-order valence-corrected chi connectivity index (χ3v) is 3.15. The molecule has 0 N–H and O–H groups in total. The van der Waals surface area contributed by atoms with Crippen LogP contribution >= 0.6 is 0 Å². The van der Waals surface area contributed by atoms with Gasteiger partial charge in [0.25, 0.3) is 0 Å². The normalized spacial score (nSPS) is 18.5. The average Bonchev–Trinajstić information content (AvgIpc) is 2.83. The Bertz CT molecular complexity index is 495. The van der Waals surface area contributed by atoms with Crippen molar-refractivity contribution in [2.24, 2.45) is 0 Å². The molecule has 0 radical (unpaired) electrons. The summed E-state index contributed by atoms with van der Waals surface area (Å²) in [5.41, 5.74) is 0.689. The van der Waals surface area contributed by atoms with Crippen molar-refractivity contribution in [3.63, 3.8) is 0 Å². The van der Waals surface area contributed by atoms with E-state index >= 15 is 0 Å². The maximum Gasteiger partial charge on any atom is 0.362 e. The summed E-state index contributed by atoms with van der Waals surface area (Å²) >= 11 is 0. The molecule has 2 rings (SSSR count). The first-order chi connectivity index (χ1) is 9.08. The van der Waals surface area contributed by atoms with Crippen molar-refractivity contribution in [3.05, 3.63) is 11.3 Å². The number of methoxy groups -OCH3 is 2. The fraction of sp³-hybridized carbons (Fsp3) is 0.583. The highest BCUT2D eigenvalue weighted by molar-refractivity contribution is 5.91. The van der Waals surface area contributed by atoms with Crippen LogP contribution in [0.15, 0.2) is 0 Å². The maximum absolute atomic E-state index is 13.2. The van der Waals surface area contributed by atoms with E-state index in [0.717, 1.165) is 0 Å². The van der Waals surface area contributed by atoms with Gasteiger partial charge < -0.3 is 14.4 Å². The van der Waals surface area contributed by atoms with Crippen molar-refractivity contribution >= 4 is 11.8 Å². The molecule has 0 bridgehead atoms. The average molecular weight is 269 g/mol. The Morgan fingerprint density at radius 1 is 1.42 bits per heavy atom. The molecule has 1 aliphatic rings. The summed E-state index contributed by atoms with van der Waals surface area (Å²) in [6.45, 7) is 2.63. The molecule has 1 atom stereocenters. The molecule has 0 unspecified atom stereocenters. The van der Waals surface area contributed by atoms with Gasteiger partial charge in [0, 0.05) is 12.1 Å². The first-order valence-corrected chi connectivity index (χ1v) is 5.97. The lowest BCUT2D eigenvalue weighted by Gasteiger charge is -2.20. The van der Waals surface area contributed by atoms with Gasteiger partial charge in [-0.25, -0.2) is 9.18 Å². The topological polar surface area (TPSA) is 64.5 Å². The van der Waals surface area contributed by atoms with Crippen LogP contribution in [0.25, 0.3) is 0 Å². The van der Waals surface area contributed by atoms with Crippen LogP contribution in [0.5, 0.6) is 5.75 Å². The number of hydrogen-bond donors (Lipinski definition) is 0. The summed E-state index contributed by atoms with van der Waals surface area (Å²) in [6, 6.07) is 0. The zero-order valence-electron chi connectivity index (χ0n) is 11.1. The smallest absolute Gasteiger partial charge is 0.362 e. The minimum Gasteiger partial charge on any atom is -0.494 e. The van der Waals surface area contributed by atoms with Gasteiger partial charge >= 0.3 is 5.97 Å². The maximum atomic E-state index is 13.2. The van der Waals surface area contributed by atoms with Gasteiger partial charge in [-0.3, -0.25) is 0 Å². The number of carbonyl (C=O) groups excluding carboxylic acids is 1. The van der Waals surface area contributed by atoms with Gasteiger partial charge in [-0.15, -0.1) is 10.2 Å². The molecule has 0 spiro atoms. The number of hydrogen-bond acceptors (Lipinski definition) is 6. The molecule has 6 nitrogen and oxygen atoms in total. The number of alkyl halides is 1. The van der Waals surface area contributed by atoms with Crippen LogP contribution in [0.2, 0.25) is 0 Å². The van der Waals surface area contributed by atoms with Crippen molar-refractivity contribution in [1.82, 2.24) is 10.2 Å². The first kappa shape index (κ1) is 13.5. The second-order valence-electron chi connectivity index (χ2n) is 4.35. The molecule has 2 heterocycles. The van der Waals surface area contributed by atoms with Crippen LogP contribution in [-0.2, 0) is 4.74 Å². The molecule has 104 valence electrons. The number of ether oxygens (including phenoxy) is 2. The fourth-order valence-corrected chi connectivity index (χ4v) is 2.19. The van der Waals surface area contributed by atoms with Gasteiger partial charge in [0.15, 0.2) is 11.6 Å². The number of aromatic nitrogens is 2. The summed E-state index contributed by atoms with van der Waals surface area (Å²) in [6.07, 6.45) is -0.380. The minimum atomic E-state index is -0.854. The third kappa shape index (κ3) is 2.45. The Labute approximate surface area is 110 Å². The number of carbonyl (C=O) groups is 1. The molecule has 1 aromatic rings. The molecule has 0 amide bonds. The Kier molecular flexibility index (Phi) is 3.82. The van der Waals surface area contributed by atoms with Gasteiger partial charge in [0.1, 0.15) is 6.17 Å². The van der Waals surface area contributed by atoms with E-state index in [-0.39, 0.29) is 12.2 Å². The first-order valence-electron chi connectivity index (χ1n) is 5.97. The van der Waals surface area contributed by atoms with Crippen molar-refractivity contribution in [3.8, 4) is 5.75 Å². The fourth-order valence-electron chi connectivity index (χ4n) is 2.19. The van der Waals surface area contributed by atoms with E-state index in [1.165, 1.54) is 14.2 Å². The van der Waals surface area contributed by atoms with E-state index in [2.05, 4.69) is 14.9 Å². The van der Waals surface area contributed by atoms with Crippen LogP contribution in [0, 0.1) is 6.92 Å². The van der Waals surface area contributed by atoms with E-state index in [9.17, 15) is 9.18 Å². The predicted molar refractivity (Wildman–Crippen MR) is 66.4 cm³/mol. The van der Waals surface area contributed by atoms with Crippen molar-refractivity contribution in [2.45, 2.75) is 19.5 Å². The van der Waals surface area contributed by atoms with Crippen LogP contribution < -0.4 is 9.64 Å². The zero-order valence-corrected chi connectivity index (χ0v) is 11.1. The SMILES string of the molecule is COC(=O)c1nnc(N2CC[C@H](F)C2)c(C)c1OC. The number of anilines is 1. The Hall–Kier alpha value is -1.92. The minimum absolute atomic E-state index is 0.0299. The zero-order chi connectivity index (χ0) is 14.0. The van der Waals surface area contributed by atoms with Gasteiger partial charge in [-0.1, -0.05) is 0 Å². The monoisotopic (exact) mass is 269 g/mol. The summed E-state index contributed by atoms with van der Waals surface area (Å²) in [7, 11) is 2.71. The molecule has 1 fully saturated rings. The summed E-state index contributed by atoms with van der Waals surface area (Å²) < 4.78 is 23.1. The molecule has 0 aromatic carbocycles. The molecule has 1 aromatic heterocycles. The molecular weight excluding hydrogens is 253 g/mol. The molecule has 1 saturated heterocycles. The standard InChI is InChI=1S/C12H16FN3O3/c1-7-10(18-2)9(12(17)19-3)14-15-11(7)16-5-4-8(13)6-16/h8H,4-6H2,1-3H3/t8-/m0/s1. The highest BCUT2D eigenvalue weighted by atomic mass is 19.1. The van der Waals surface area contributed by atoms with Crippen LogP contribution in [0.4, 0.5) is 10.2 Å². The summed E-state index contributed by atoms with van der Waals surface area (Å²) in [5.74, 6) is 0.257. The van der Waals surface area contributed by atoms with E-state index in [0.29, 0.717) is 30.1 Å². The number of rotatable bonds is 3. The predicted octanol–water partition coefficient (Wildman–Crippen LogP) is 1.13. The lowest BCUT2D eigenvalue weighted by Crippen LogP contribution is -2.24. The van der Waals surface area contributed by atoms with Crippen molar-refractivity contribution in [2.75, 3.05) is 32.2 Å². The Morgan fingerprint density at radius 2 is 2.16 bits per heavy atom. The summed E-state index contributed by atoms with van der Waals surface area (Å²) in [4.78, 5) is 13.4. The number of nitrogens with zero attached hydrogens (tertiary/aromatic N) is 3. The van der Waals surface area contributed by atoms with E-state index in [1.54, 1.807) is 11.8 Å². The van der Waals surface area contributed by atoms with Gasteiger partial charge in [0.05, 0.1) is 20.8 Å². The van der Waals surface area contributed by atoms with Crippen LogP contribution in [-0.4, -0.2) is 49.6 Å². The number of halogens is 1. The Balaban J connectivity index is 2.40. The molecule has 7 heteroatoms. The quantitative estimate of drug-likeness (QED) is 0.766. The molecule has 1 aliphatic heterocycles. The largest absolute Gasteiger partial charge is 0.494 e. The second-order valence-corrected chi connectivity index (χ2v) is 4.35. The van der Waals surface area contributed by atoms with Crippen molar-refractivity contribution < 1.29 is 18.7 Å². The number of esters is 1. The van der Waals surface area contributed by atoms with E-state index < -0.39 is 12.1 Å². The third-order valence-electron chi connectivity index (χ3n) is 3.15. The highest BCUT2D eigenvalue weighted by Crippen LogP contribution is 2.31. The molecule has 0 aliphatic carbocycles. The van der Waals surface area contributed by atoms with Gasteiger partial charge in [0.2, 0.25) is 5.69 Å². The van der Waals surface area contributed by atoms with Crippen molar-refractivity contribution in [1.29, 1.82) is 0 Å². The van der Waals surface area contributed by atoms with E-state index in [4.69, 9.17) is 4.74 Å². The van der Waals surface area contributed by atoms with Crippen LogP contribution in [0.3, 0.4) is 0 Å². The molecule has 19 heavy (non-hydrogen) atoms. The highest BCUT2D eigenvalue weighted by Gasteiger charge is 2.28. The molecule has 0 saturated carbocycles.